The Morgan fingerprint density at radius 1 is 1.14 bits per heavy atom. The van der Waals surface area contributed by atoms with Crippen molar-refractivity contribution in [2.45, 2.75) is 38.4 Å². The predicted octanol–water partition coefficient (Wildman–Crippen LogP) is 1.63. The summed E-state index contributed by atoms with van der Waals surface area (Å²) < 4.78 is 11.4. The molecule has 3 heteroatoms. The van der Waals surface area contributed by atoms with Crippen molar-refractivity contribution in [3.8, 4) is 0 Å². The number of likely N-dealkylation sites (tertiary alicyclic amines) is 1. The second-order valence-electron chi connectivity index (χ2n) is 4.30. The molecule has 1 spiro atoms. The molecule has 0 amide bonds. The Bertz CT molecular complexity index is 168. The Kier molecular flexibility index (Phi) is 3.42. The molecule has 0 N–H and O–H groups in total. The van der Waals surface area contributed by atoms with Crippen LogP contribution in [0.15, 0.2) is 0 Å². The lowest BCUT2D eigenvalue weighted by atomic mass is 10.0. The molecule has 2 aliphatic rings. The third-order valence-electron chi connectivity index (χ3n) is 3.26. The topological polar surface area (TPSA) is 21.7 Å². The smallest absolute Gasteiger partial charge is 0.170 e. The van der Waals surface area contributed by atoms with Crippen molar-refractivity contribution < 1.29 is 9.47 Å². The molecule has 0 atom stereocenters. The van der Waals surface area contributed by atoms with Crippen LogP contribution in [0.2, 0.25) is 0 Å². The van der Waals surface area contributed by atoms with Gasteiger partial charge in [0.05, 0.1) is 13.2 Å². The maximum Gasteiger partial charge on any atom is 0.170 e. The molecule has 2 fully saturated rings. The zero-order valence-corrected chi connectivity index (χ0v) is 9.13. The first-order valence-electron chi connectivity index (χ1n) is 5.85. The molecule has 2 aliphatic heterocycles. The van der Waals surface area contributed by atoms with E-state index >= 15 is 0 Å². The second kappa shape index (κ2) is 4.60. The van der Waals surface area contributed by atoms with Crippen LogP contribution in [-0.2, 0) is 9.47 Å². The van der Waals surface area contributed by atoms with Crippen molar-refractivity contribution in [1.29, 1.82) is 0 Å². The van der Waals surface area contributed by atoms with Crippen LogP contribution >= 0.6 is 0 Å². The molecule has 0 radical (unpaired) electrons. The second-order valence-corrected chi connectivity index (χ2v) is 4.30. The van der Waals surface area contributed by atoms with Gasteiger partial charge in [-0.25, -0.2) is 0 Å². The first-order chi connectivity index (χ1) is 6.85. The Balaban J connectivity index is 1.74. The number of hydrogen-bond acceptors (Lipinski definition) is 3. The molecule has 0 unspecified atom stereocenters. The zero-order valence-electron chi connectivity index (χ0n) is 9.13. The van der Waals surface area contributed by atoms with Gasteiger partial charge in [-0.3, -0.25) is 0 Å². The van der Waals surface area contributed by atoms with Crippen LogP contribution in [0.25, 0.3) is 0 Å². The Morgan fingerprint density at radius 2 is 1.79 bits per heavy atom. The van der Waals surface area contributed by atoms with Crippen LogP contribution in [0.4, 0.5) is 0 Å². The average molecular weight is 199 g/mol. The van der Waals surface area contributed by atoms with Gasteiger partial charge >= 0.3 is 0 Å². The number of unbranched alkanes of at least 4 members (excludes halogenated alkanes) is 1. The number of piperidine rings is 1. The summed E-state index contributed by atoms with van der Waals surface area (Å²) >= 11 is 0. The lowest BCUT2D eigenvalue weighted by Gasteiger charge is -2.37. The predicted molar refractivity (Wildman–Crippen MR) is 55.2 cm³/mol. The molecule has 0 bridgehead atoms. The molecule has 2 heterocycles. The highest BCUT2D eigenvalue weighted by molar-refractivity contribution is 4.82. The first kappa shape index (κ1) is 10.4. The summed E-state index contributed by atoms with van der Waals surface area (Å²) in [4.78, 5) is 2.53. The minimum Gasteiger partial charge on any atom is -0.347 e. The summed E-state index contributed by atoms with van der Waals surface area (Å²) in [6.45, 7) is 7.34. The number of rotatable bonds is 3. The van der Waals surface area contributed by atoms with Crippen LogP contribution in [0.3, 0.4) is 0 Å². The van der Waals surface area contributed by atoms with Gasteiger partial charge in [0.2, 0.25) is 0 Å². The molecule has 2 saturated heterocycles. The molecular weight excluding hydrogens is 178 g/mol. The van der Waals surface area contributed by atoms with Crippen LogP contribution < -0.4 is 0 Å². The van der Waals surface area contributed by atoms with Crippen LogP contribution in [0, 0.1) is 0 Å². The number of nitrogens with zero attached hydrogens (tertiary/aromatic N) is 1. The van der Waals surface area contributed by atoms with Crippen molar-refractivity contribution in [3.05, 3.63) is 0 Å². The van der Waals surface area contributed by atoms with Gasteiger partial charge in [-0.05, 0) is 13.0 Å². The quantitative estimate of drug-likeness (QED) is 0.689. The largest absolute Gasteiger partial charge is 0.347 e. The third-order valence-corrected chi connectivity index (χ3v) is 3.26. The summed E-state index contributed by atoms with van der Waals surface area (Å²) in [5.74, 6) is -0.192. The zero-order chi connectivity index (χ0) is 9.86. The van der Waals surface area contributed by atoms with Crippen molar-refractivity contribution in [2.24, 2.45) is 0 Å². The highest BCUT2D eigenvalue weighted by atomic mass is 16.7. The number of hydrogen-bond donors (Lipinski definition) is 0. The van der Waals surface area contributed by atoms with Crippen molar-refractivity contribution in [3.63, 3.8) is 0 Å². The van der Waals surface area contributed by atoms with Crippen LogP contribution in [0.5, 0.6) is 0 Å². The van der Waals surface area contributed by atoms with E-state index in [2.05, 4.69) is 11.8 Å². The first-order valence-corrected chi connectivity index (χ1v) is 5.85. The fourth-order valence-corrected chi connectivity index (χ4v) is 2.28. The van der Waals surface area contributed by atoms with E-state index in [1.165, 1.54) is 19.4 Å². The van der Waals surface area contributed by atoms with Gasteiger partial charge in [-0.15, -0.1) is 0 Å². The van der Waals surface area contributed by atoms with Gasteiger partial charge in [0.15, 0.2) is 5.79 Å². The highest BCUT2D eigenvalue weighted by Crippen LogP contribution is 2.31. The highest BCUT2D eigenvalue weighted by Gasteiger charge is 2.39. The fourth-order valence-electron chi connectivity index (χ4n) is 2.28. The van der Waals surface area contributed by atoms with Crippen LogP contribution in [0.1, 0.15) is 32.6 Å². The van der Waals surface area contributed by atoms with E-state index in [0.717, 1.165) is 39.1 Å². The van der Waals surface area contributed by atoms with E-state index in [-0.39, 0.29) is 5.79 Å². The molecule has 82 valence electrons. The maximum absolute atomic E-state index is 5.69. The van der Waals surface area contributed by atoms with Gasteiger partial charge in [0.25, 0.3) is 0 Å². The monoisotopic (exact) mass is 199 g/mol. The van der Waals surface area contributed by atoms with Crippen molar-refractivity contribution in [2.75, 3.05) is 32.8 Å². The Morgan fingerprint density at radius 3 is 2.36 bits per heavy atom. The van der Waals surface area contributed by atoms with Gasteiger partial charge in [0, 0.05) is 25.9 Å². The maximum atomic E-state index is 5.69. The number of ether oxygens (including phenoxy) is 2. The molecule has 14 heavy (non-hydrogen) atoms. The Hall–Kier alpha value is -0.120. The van der Waals surface area contributed by atoms with Crippen molar-refractivity contribution >= 4 is 0 Å². The fraction of sp³-hybridized carbons (Fsp3) is 1.00. The lowest BCUT2D eigenvalue weighted by molar-refractivity contribution is -0.185. The molecule has 3 nitrogen and oxygen atoms in total. The SMILES string of the molecule is CCCCN1CCC2(CC1)OCCO2. The summed E-state index contributed by atoms with van der Waals surface area (Å²) in [5.41, 5.74) is 0. The molecule has 0 aromatic heterocycles. The lowest BCUT2D eigenvalue weighted by Crippen LogP contribution is -2.45. The average Bonchev–Trinajstić information content (AvgIpc) is 2.66. The van der Waals surface area contributed by atoms with Gasteiger partial charge < -0.3 is 14.4 Å². The summed E-state index contributed by atoms with van der Waals surface area (Å²) in [6, 6.07) is 0. The van der Waals surface area contributed by atoms with E-state index < -0.39 is 0 Å². The molecule has 0 aromatic rings. The van der Waals surface area contributed by atoms with Gasteiger partial charge in [-0.2, -0.15) is 0 Å². The summed E-state index contributed by atoms with van der Waals surface area (Å²) in [5, 5.41) is 0. The minimum absolute atomic E-state index is 0.192. The minimum atomic E-state index is -0.192. The van der Waals surface area contributed by atoms with Crippen LogP contribution in [-0.4, -0.2) is 43.5 Å². The normalized spacial score (nSPS) is 27.2. The molecule has 0 aromatic carbocycles. The van der Waals surface area contributed by atoms with E-state index in [1.807, 2.05) is 0 Å². The third kappa shape index (κ3) is 2.27. The van der Waals surface area contributed by atoms with Crippen molar-refractivity contribution in [1.82, 2.24) is 4.90 Å². The van der Waals surface area contributed by atoms with Gasteiger partial charge in [0.1, 0.15) is 0 Å². The molecule has 0 saturated carbocycles. The van der Waals surface area contributed by atoms with E-state index in [1.54, 1.807) is 0 Å². The van der Waals surface area contributed by atoms with E-state index in [0.29, 0.717) is 0 Å². The molecule has 2 rings (SSSR count). The Labute approximate surface area is 86.4 Å². The standard InChI is InChI=1S/C11H21NO2/c1-2-3-6-12-7-4-11(5-8-12)13-9-10-14-11/h2-10H2,1H3. The molecular formula is C11H21NO2. The van der Waals surface area contributed by atoms with E-state index in [4.69, 9.17) is 9.47 Å². The summed E-state index contributed by atoms with van der Waals surface area (Å²) in [6.07, 6.45) is 4.71. The van der Waals surface area contributed by atoms with E-state index in [9.17, 15) is 0 Å². The summed E-state index contributed by atoms with van der Waals surface area (Å²) in [7, 11) is 0. The van der Waals surface area contributed by atoms with Gasteiger partial charge in [-0.1, -0.05) is 13.3 Å². The molecule has 0 aliphatic carbocycles.